The number of hydrogen-bond acceptors (Lipinski definition) is 1. The minimum atomic E-state index is -0.233. The molecule has 2 aromatic carbocycles. The molecule has 0 aromatic heterocycles. The van der Waals surface area contributed by atoms with E-state index in [1.165, 1.54) is 11.1 Å². The molecule has 2 rings (SSSR count). The third-order valence-corrected chi connectivity index (χ3v) is 3.16. The summed E-state index contributed by atoms with van der Waals surface area (Å²) in [5.41, 5.74) is 4.46. The van der Waals surface area contributed by atoms with Crippen molar-refractivity contribution in [3.8, 4) is 11.8 Å². The first-order valence-corrected chi connectivity index (χ1v) is 7.05. The van der Waals surface area contributed by atoms with Crippen LogP contribution in [0.25, 0.3) is 0 Å². The molecule has 21 heavy (non-hydrogen) atoms. The first kappa shape index (κ1) is 14.9. The summed E-state index contributed by atoms with van der Waals surface area (Å²) in [6.45, 7) is 4.67. The van der Waals surface area contributed by atoms with Crippen LogP contribution in [0.3, 0.4) is 0 Å². The molecule has 0 saturated heterocycles. The van der Waals surface area contributed by atoms with Crippen molar-refractivity contribution < 1.29 is 4.79 Å². The van der Waals surface area contributed by atoms with Crippen molar-refractivity contribution in [1.29, 1.82) is 0 Å². The number of amides is 1. The highest BCUT2D eigenvalue weighted by Crippen LogP contribution is 2.03. The number of benzene rings is 2. The molecule has 0 bridgehead atoms. The SMILES string of the molecule is Cc1ccc(CCNC(=O)C#Cc2cccc(C)c2)cc1. The second-order valence-electron chi connectivity index (χ2n) is 5.11. The lowest BCUT2D eigenvalue weighted by atomic mass is 10.1. The smallest absolute Gasteiger partial charge is 0.296 e. The minimum Gasteiger partial charge on any atom is -0.345 e. The number of aryl methyl sites for hydroxylation is 2. The van der Waals surface area contributed by atoms with Crippen molar-refractivity contribution in [2.75, 3.05) is 6.54 Å². The molecule has 1 amide bonds. The summed E-state index contributed by atoms with van der Waals surface area (Å²) in [7, 11) is 0. The highest BCUT2D eigenvalue weighted by molar-refractivity contribution is 5.94. The van der Waals surface area contributed by atoms with Gasteiger partial charge in [0.2, 0.25) is 0 Å². The fourth-order valence-corrected chi connectivity index (χ4v) is 1.97. The lowest BCUT2D eigenvalue weighted by Crippen LogP contribution is -2.23. The van der Waals surface area contributed by atoms with Crippen LogP contribution < -0.4 is 5.32 Å². The van der Waals surface area contributed by atoms with Gasteiger partial charge in [0, 0.05) is 18.0 Å². The Morgan fingerprint density at radius 2 is 1.81 bits per heavy atom. The molecule has 0 heterocycles. The van der Waals surface area contributed by atoms with Gasteiger partial charge >= 0.3 is 0 Å². The molecule has 0 aliphatic heterocycles. The van der Waals surface area contributed by atoms with Gasteiger partial charge in [0.15, 0.2) is 0 Å². The van der Waals surface area contributed by atoms with Crippen LogP contribution in [-0.2, 0) is 11.2 Å². The Balaban J connectivity index is 1.81. The molecule has 0 unspecified atom stereocenters. The Hall–Kier alpha value is -2.53. The van der Waals surface area contributed by atoms with Gasteiger partial charge in [-0.25, -0.2) is 0 Å². The molecule has 0 fully saturated rings. The van der Waals surface area contributed by atoms with Gasteiger partial charge in [-0.05, 0) is 43.5 Å². The Bertz CT molecular complexity index is 675. The van der Waals surface area contributed by atoms with Crippen LogP contribution in [0.5, 0.6) is 0 Å². The molecule has 0 saturated carbocycles. The predicted octanol–water partition coefficient (Wildman–Crippen LogP) is 3.01. The van der Waals surface area contributed by atoms with Crippen LogP contribution in [0, 0.1) is 25.7 Å². The van der Waals surface area contributed by atoms with E-state index in [1.807, 2.05) is 31.2 Å². The van der Waals surface area contributed by atoms with Crippen LogP contribution in [0.1, 0.15) is 22.3 Å². The van der Waals surface area contributed by atoms with Gasteiger partial charge in [0.25, 0.3) is 5.91 Å². The number of hydrogen-bond donors (Lipinski definition) is 1. The number of carbonyl (C=O) groups excluding carboxylic acids is 1. The van der Waals surface area contributed by atoms with E-state index >= 15 is 0 Å². The average Bonchev–Trinajstić information content (AvgIpc) is 2.47. The molecule has 0 aliphatic rings. The second-order valence-corrected chi connectivity index (χ2v) is 5.11. The Morgan fingerprint density at radius 3 is 2.52 bits per heavy atom. The lowest BCUT2D eigenvalue weighted by molar-refractivity contribution is -0.115. The van der Waals surface area contributed by atoms with E-state index in [0.29, 0.717) is 6.54 Å². The van der Waals surface area contributed by atoms with E-state index in [1.54, 1.807) is 0 Å². The largest absolute Gasteiger partial charge is 0.345 e. The van der Waals surface area contributed by atoms with E-state index < -0.39 is 0 Å². The Morgan fingerprint density at radius 1 is 1.05 bits per heavy atom. The van der Waals surface area contributed by atoms with Gasteiger partial charge in [0.05, 0.1) is 0 Å². The van der Waals surface area contributed by atoms with Gasteiger partial charge < -0.3 is 5.32 Å². The van der Waals surface area contributed by atoms with Crippen molar-refractivity contribution in [2.45, 2.75) is 20.3 Å². The molecule has 0 atom stereocenters. The molecule has 2 aromatic rings. The number of rotatable bonds is 3. The second kappa shape index (κ2) is 7.31. The van der Waals surface area contributed by atoms with Crippen LogP contribution in [0.4, 0.5) is 0 Å². The van der Waals surface area contributed by atoms with Gasteiger partial charge in [-0.2, -0.15) is 0 Å². The molecule has 1 N–H and O–H groups in total. The quantitative estimate of drug-likeness (QED) is 0.859. The number of carbonyl (C=O) groups is 1. The highest BCUT2D eigenvalue weighted by atomic mass is 16.1. The topological polar surface area (TPSA) is 29.1 Å². The normalized spacial score (nSPS) is 9.62. The molecule has 2 nitrogen and oxygen atoms in total. The Kier molecular flexibility index (Phi) is 5.17. The summed E-state index contributed by atoms with van der Waals surface area (Å²) in [6.07, 6.45) is 0.818. The fourth-order valence-electron chi connectivity index (χ4n) is 1.97. The predicted molar refractivity (Wildman–Crippen MR) is 85.9 cm³/mol. The molecule has 2 heteroatoms. The van der Waals surface area contributed by atoms with Crippen LogP contribution in [0.2, 0.25) is 0 Å². The molecular formula is C19H19NO. The van der Waals surface area contributed by atoms with E-state index in [2.05, 4.69) is 48.3 Å². The fraction of sp³-hybridized carbons (Fsp3) is 0.211. The maximum absolute atomic E-state index is 11.7. The van der Waals surface area contributed by atoms with E-state index in [9.17, 15) is 4.79 Å². The molecular weight excluding hydrogens is 258 g/mol. The molecule has 0 aliphatic carbocycles. The molecule has 106 valence electrons. The first-order valence-electron chi connectivity index (χ1n) is 7.05. The first-order chi connectivity index (χ1) is 10.1. The zero-order valence-corrected chi connectivity index (χ0v) is 12.4. The Labute approximate surface area is 126 Å². The third-order valence-electron chi connectivity index (χ3n) is 3.16. The van der Waals surface area contributed by atoms with Crippen LogP contribution in [0.15, 0.2) is 48.5 Å². The highest BCUT2D eigenvalue weighted by Gasteiger charge is 1.96. The summed E-state index contributed by atoms with van der Waals surface area (Å²) < 4.78 is 0. The third kappa shape index (κ3) is 5.16. The van der Waals surface area contributed by atoms with Gasteiger partial charge in [-0.15, -0.1) is 0 Å². The minimum absolute atomic E-state index is 0.233. The lowest BCUT2D eigenvalue weighted by Gasteiger charge is -2.02. The summed E-state index contributed by atoms with van der Waals surface area (Å²) in [5.74, 6) is 5.27. The molecule has 0 spiro atoms. The zero-order valence-electron chi connectivity index (χ0n) is 12.4. The monoisotopic (exact) mass is 277 g/mol. The number of nitrogens with one attached hydrogen (secondary N) is 1. The van der Waals surface area contributed by atoms with Crippen LogP contribution in [-0.4, -0.2) is 12.5 Å². The van der Waals surface area contributed by atoms with Crippen molar-refractivity contribution >= 4 is 5.91 Å². The van der Waals surface area contributed by atoms with Crippen molar-refractivity contribution in [3.63, 3.8) is 0 Å². The van der Waals surface area contributed by atoms with Crippen molar-refractivity contribution in [1.82, 2.24) is 5.32 Å². The van der Waals surface area contributed by atoms with Crippen LogP contribution >= 0.6 is 0 Å². The van der Waals surface area contributed by atoms with E-state index in [-0.39, 0.29) is 5.91 Å². The maximum atomic E-state index is 11.7. The maximum Gasteiger partial charge on any atom is 0.296 e. The standard InChI is InChI=1S/C19H19NO/c1-15-6-8-17(9-7-15)12-13-20-19(21)11-10-18-5-3-4-16(2)14-18/h3-9,14H,12-13H2,1-2H3,(H,20,21). The molecule has 0 radical (unpaired) electrons. The van der Waals surface area contributed by atoms with Gasteiger partial charge in [-0.3, -0.25) is 4.79 Å². The summed E-state index contributed by atoms with van der Waals surface area (Å²) in [6, 6.07) is 16.1. The summed E-state index contributed by atoms with van der Waals surface area (Å²) in [4.78, 5) is 11.7. The zero-order chi connectivity index (χ0) is 15.1. The summed E-state index contributed by atoms with van der Waals surface area (Å²) >= 11 is 0. The van der Waals surface area contributed by atoms with Gasteiger partial charge in [0.1, 0.15) is 0 Å². The van der Waals surface area contributed by atoms with E-state index in [0.717, 1.165) is 17.5 Å². The van der Waals surface area contributed by atoms with E-state index in [4.69, 9.17) is 0 Å². The summed E-state index contributed by atoms with van der Waals surface area (Å²) in [5, 5.41) is 2.82. The van der Waals surface area contributed by atoms with Gasteiger partial charge in [-0.1, -0.05) is 47.9 Å². The van der Waals surface area contributed by atoms with Crippen molar-refractivity contribution in [3.05, 3.63) is 70.8 Å². The van der Waals surface area contributed by atoms with Crippen molar-refractivity contribution in [2.24, 2.45) is 0 Å². The average molecular weight is 277 g/mol.